The van der Waals surface area contributed by atoms with Gasteiger partial charge in [-0.3, -0.25) is 9.59 Å². The lowest BCUT2D eigenvalue weighted by atomic mass is 9.94. The molecular weight excluding hydrogens is 378 g/mol. The maximum Gasteiger partial charge on any atom is 0.221 e. The molecule has 0 fully saturated rings. The van der Waals surface area contributed by atoms with Gasteiger partial charge in [0.1, 0.15) is 5.75 Å². The Bertz CT molecular complexity index is 1270. The number of carbonyl (C=O) groups excluding carboxylic acids is 2. The second-order valence-corrected chi connectivity index (χ2v) is 7.36. The topological polar surface area (TPSA) is 94.2 Å². The van der Waals surface area contributed by atoms with Gasteiger partial charge in [-0.25, -0.2) is 0 Å². The third kappa shape index (κ3) is 3.72. The van der Waals surface area contributed by atoms with Crippen LogP contribution in [0.1, 0.15) is 19.4 Å². The SMILES string of the molecule is CC(=O)NCCc1c[nH]c2c(-c3c(O)ccc4ccccc34)cc(NC(C)=O)cc12. The van der Waals surface area contributed by atoms with Crippen LogP contribution >= 0.6 is 0 Å². The van der Waals surface area contributed by atoms with Crippen LogP contribution < -0.4 is 10.6 Å². The van der Waals surface area contributed by atoms with Gasteiger partial charge >= 0.3 is 0 Å². The van der Waals surface area contributed by atoms with E-state index in [0.717, 1.165) is 32.8 Å². The normalized spacial score (nSPS) is 11.0. The predicted molar refractivity (Wildman–Crippen MR) is 120 cm³/mol. The zero-order valence-electron chi connectivity index (χ0n) is 16.9. The number of fused-ring (bicyclic) bond motifs is 2. The maximum absolute atomic E-state index is 11.7. The molecular formula is C24H23N3O3. The molecule has 0 aliphatic heterocycles. The molecule has 4 aromatic rings. The molecule has 152 valence electrons. The predicted octanol–water partition coefficient (Wildman–Crippen LogP) is 4.33. The van der Waals surface area contributed by atoms with Crippen LogP contribution in [0, 0.1) is 0 Å². The smallest absolute Gasteiger partial charge is 0.221 e. The molecule has 4 rings (SSSR count). The van der Waals surface area contributed by atoms with Crippen LogP contribution in [0.4, 0.5) is 5.69 Å². The molecule has 0 saturated heterocycles. The molecule has 2 amide bonds. The van der Waals surface area contributed by atoms with Crippen molar-refractivity contribution in [1.29, 1.82) is 0 Å². The molecule has 0 saturated carbocycles. The van der Waals surface area contributed by atoms with Gasteiger partial charge in [0.15, 0.2) is 0 Å². The van der Waals surface area contributed by atoms with E-state index in [0.29, 0.717) is 24.2 Å². The van der Waals surface area contributed by atoms with Crippen molar-refractivity contribution in [3.63, 3.8) is 0 Å². The van der Waals surface area contributed by atoms with Gasteiger partial charge in [0.05, 0.1) is 5.52 Å². The molecule has 30 heavy (non-hydrogen) atoms. The Balaban J connectivity index is 1.93. The second-order valence-electron chi connectivity index (χ2n) is 7.36. The fourth-order valence-corrected chi connectivity index (χ4v) is 3.88. The number of hydrogen-bond donors (Lipinski definition) is 4. The van der Waals surface area contributed by atoms with Crippen LogP contribution in [0.2, 0.25) is 0 Å². The average molecular weight is 401 g/mol. The molecule has 0 aliphatic carbocycles. The third-order valence-electron chi connectivity index (χ3n) is 5.14. The number of anilines is 1. The molecule has 0 unspecified atom stereocenters. The number of aromatic hydroxyl groups is 1. The lowest BCUT2D eigenvalue weighted by Crippen LogP contribution is -2.22. The zero-order chi connectivity index (χ0) is 21.3. The number of benzene rings is 3. The fraction of sp³-hybridized carbons (Fsp3) is 0.167. The summed E-state index contributed by atoms with van der Waals surface area (Å²) in [5, 5.41) is 19.3. The van der Waals surface area contributed by atoms with E-state index in [1.807, 2.05) is 48.7 Å². The Labute approximate surface area is 173 Å². The van der Waals surface area contributed by atoms with E-state index in [1.54, 1.807) is 6.07 Å². The summed E-state index contributed by atoms with van der Waals surface area (Å²) in [5.74, 6) is -0.0720. The molecule has 3 aromatic carbocycles. The number of phenols is 1. The molecule has 0 radical (unpaired) electrons. The first-order valence-electron chi connectivity index (χ1n) is 9.81. The second kappa shape index (κ2) is 7.91. The van der Waals surface area contributed by atoms with E-state index >= 15 is 0 Å². The van der Waals surface area contributed by atoms with Crippen molar-refractivity contribution in [3.05, 3.63) is 60.3 Å². The summed E-state index contributed by atoms with van der Waals surface area (Å²) in [4.78, 5) is 26.3. The van der Waals surface area contributed by atoms with Crippen LogP contribution in [-0.4, -0.2) is 28.4 Å². The van der Waals surface area contributed by atoms with E-state index in [-0.39, 0.29) is 17.6 Å². The van der Waals surface area contributed by atoms with Crippen LogP contribution in [-0.2, 0) is 16.0 Å². The quantitative estimate of drug-likeness (QED) is 0.401. The molecule has 0 aliphatic rings. The Hall–Kier alpha value is -3.80. The molecule has 0 atom stereocenters. The molecule has 0 bridgehead atoms. The van der Waals surface area contributed by atoms with E-state index in [2.05, 4.69) is 15.6 Å². The first-order valence-corrected chi connectivity index (χ1v) is 9.81. The van der Waals surface area contributed by atoms with Crippen LogP contribution in [0.25, 0.3) is 32.8 Å². The maximum atomic E-state index is 11.7. The van der Waals surface area contributed by atoms with E-state index < -0.39 is 0 Å². The van der Waals surface area contributed by atoms with Gasteiger partial charge in [0, 0.05) is 48.8 Å². The number of H-pyrrole nitrogens is 1. The van der Waals surface area contributed by atoms with Gasteiger partial charge in [0.25, 0.3) is 0 Å². The minimum atomic E-state index is -0.169. The Morgan fingerprint density at radius 1 is 1.00 bits per heavy atom. The Kier molecular flexibility index (Phi) is 5.14. The minimum absolute atomic E-state index is 0.0739. The molecule has 1 aromatic heterocycles. The number of hydrogen-bond acceptors (Lipinski definition) is 3. The van der Waals surface area contributed by atoms with E-state index in [1.165, 1.54) is 13.8 Å². The van der Waals surface area contributed by atoms with Gasteiger partial charge in [-0.2, -0.15) is 0 Å². The van der Waals surface area contributed by atoms with Crippen LogP contribution in [0.15, 0.2) is 54.7 Å². The standard InChI is InChI=1S/C24H23N3O3/c1-14(28)25-10-9-17-13-26-24-20(17)11-18(27-15(2)29)12-21(24)23-19-6-4-3-5-16(19)7-8-22(23)30/h3-8,11-13,26,30H,9-10H2,1-2H3,(H,25,28)(H,27,29). The van der Waals surface area contributed by atoms with Crippen molar-refractivity contribution < 1.29 is 14.7 Å². The first kappa shape index (κ1) is 19.5. The van der Waals surface area contributed by atoms with Gasteiger partial charge in [-0.05, 0) is 41.0 Å². The highest BCUT2D eigenvalue weighted by molar-refractivity contribution is 6.09. The van der Waals surface area contributed by atoms with Gasteiger partial charge < -0.3 is 20.7 Å². The number of rotatable bonds is 5. The van der Waals surface area contributed by atoms with Crippen molar-refractivity contribution in [2.75, 3.05) is 11.9 Å². The van der Waals surface area contributed by atoms with Gasteiger partial charge in [-0.1, -0.05) is 30.3 Å². The summed E-state index contributed by atoms with van der Waals surface area (Å²) in [6.45, 7) is 3.47. The Morgan fingerprint density at radius 3 is 2.57 bits per heavy atom. The highest BCUT2D eigenvalue weighted by atomic mass is 16.3. The number of aromatic nitrogens is 1. The summed E-state index contributed by atoms with van der Waals surface area (Å²) >= 11 is 0. The summed E-state index contributed by atoms with van der Waals surface area (Å²) in [6.07, 6.45) is 2.56. The number of carbonyl (C=O) groups is 2. The third-order valence-corrected chi connectivity index (χ3v) is 5.14. The molecule has 6 nitrogen and oxygen atoms in total. The highest BCUT2D eigenvalue weighted by Crippen LogP contribution is 2.41. The summed E-state index contributed by atoms with van der Waals surface area (Å²) < 4.78 is 0. The monoisotopic (exact) mass is 401 g/mol. The number of amides is 2. The number of phenolic OH excluding ortho intramolecular Hbond substituents is 1. The van der Waals surface area contributed by atoms with Crippen molar-refractivity contribution in [3.8, 4) is 16.9 Å². The number of aromatic amines is 1. The fourth-order valence-electron chi connectivity index (χ4n) is 3.88. The van der Waals surface area contributed by atoms with E-state index in [4.69, 9.17) is 0 Å². The Morgan fingerprint density at radius 2 is 1.80 bits per heavy atom. The van der Waals surface area contributed by atoms with Gasteiger partial charge in [0.2, 0.25) is 11.8 Å². The van der Waals surface area contributed by atoms with Crippen molar-refractivity contribution in [1.82, 2.24) is 10.3 Å². The average Bonchev–Trinajstić information content (AvgIpc) is 3.10. The van der Waals surface area contributed by atoms with Gasteiger partial charge in [-0.15, -0.1) is 0 Å². The first-order chi connectivity index (χ1) is 14.4. The molecule has 6 heteroatoms. The largest absolute Gasteiger partial charge is 0.507 e. The van der Waals surface area contributed by atoms with Crippen molar-refractivity contribution in [2.24, 2.45) is 0 Å². The van der Waals surface area contributed by atoms with Crippen LogP contribution in [0.3, 0.4) is 0 Å². The molecule has 0 spiro atoms. The van der Waals surface area contributed by atoms with Crippen LogP contribution in [0.5, 0.6) is 5.75 Å². The zero-order valence-corrected chi connectivity index (χ0v) is 16.9. The molecule has 1 heterocycles. The minimum Gasteiger partial charge on any atom is -0.507 e. The molecule has 4 N–H and O–H groups in total. The summed E-state index contributed by atoms with van der Waals surface area (Å²) in [7, 11) is 0. The van der Waals surface area contributed by atoms with Crippen molar-refractivity contribution >= 4 is 39.2 Å². The lowest BCUT2D eigenvalue weighted by Gasteiger charge is -2.13. The summed E-state index contributed by atoms with van der Waals surface area (Å²) in [5.41, 5.74) is 4.05. The highest BCUT2D eigenvalue weighted by Gasteiger charge is 2.17. The van der Waals surface area contributed by atoms with Crippen molar-refractivity contribution in [2.45, 2.75) is 20.3 Å². The van der Waals surface area contributed by atoms with E-state index in [9.17, 15) is 14.7 Å². The summed E-state index contributed by atoms with van der Waals surface area (Å²) in [6, 6.07) is 15.2. The lowest BCUT2D eigenvalue weighted by molar-refractivity contribution is -0.119. The number of nitrogens with one attached hydrogen (secondary N) is 3.